The van der Waals surface area contributed by atoms with Crippen LogP contribution in [-0.2, 0) is 0 Å². The Hall–Kier alpha value is -1.92. The van der Waals surface area contributed by atoms with Gasteiger partial charge in [0.25, 0.3) is 5.91 Å². The van der Waals surface area contributed by atoms with Crippen LogP contribution in [0.25, 0.3) is 0 Å². The number of methoxy groups -OCH3 is 1. The molecule has 19 heavy (non-hydrogen) atoms. The summed E-state index contributed by atoms with van der Waals surface area (Å²) in [6.07, 6.45) is -0.857. The van der Waals surface area contributed by atoms with Crippen molar-refractivity contribution < 1.29 is 27.4 Å². The lowest BCUT2D eigenvalue weighted by Gasteiger charge is -2.13. The van der Waals surface area contributed by atoms with Crippen molar-refractivity contribution in [2.24, 2.45) is 0 Å². The second-order valence-corrected chi connectivity index (χ2v) is 4.04. The van der Waals surface area contributed by atoms with Crippen LogP contribution in [0.4, 0.5) is 13.2 Å². The summed E-state index contributed by atoms with van der Waals surface area (Å²) in [6.45, 7) is -3.06. The summed E-state index contributed by atoms with van der Waals surface area (Å²) in [6, 6.07) is 3.51. The number of carbonyl (C=O) groups is 1. The van der Waals surface area contributed by atoms with E-state index >= 15 is 0 Å². The molecule has 104 valence electrons. The average molecular weight is 275 g/mol. The predicted molar refractivity (Wildman–Crippen MR) is 60.4 cm³/mol. The molecule has 1 aromatic rings. The topological polar surface area (TPSA) is 47.6 Å². The molecule has 1 N–H and O–H groups in total. The van der Waals surface area contributed by atoms with Gasteiger partial charge in [0.1, 0.15) is 23.2 Å². The number of rotatable bonds is 5. The molecule has 0 aromatic heterocycles. The van der Waals surface area contributed by atoms with Gasteiger partial charge in [0.05, 0.1) is 13.2 Å². The van der Waals surface area contributed by atoms with Crippen LogP contribution in [0.3, 0.4) is 0 Å². The van der Waals surface area contributed by atoms with E-state index in [4.69, 9.17) is 4.74 Å². The number of benzene rings is 1. The van der Waals surface area contributed by atoms with Crippen LogP contribution in [0.2, 0.25) is 0 Å². The van der Waals surface area contributed by atoms with E-state index in [-0.39, 0.29) is 23.5 Å². The summed E-state index contributed by atoms with van der Waals surface area (Å²) < 4.78 is 46.5. The SMILES string of the molecule is COc1cccc(OC(F)F)c1C(=O)N[C@@H]1C[C@@H]1F. The highest BCUT2D eigenvalue weighted by atomic mass is 19.3. The number of hydrogen-bond acceptors (Lipinski definition) is 3. The van der Waals surface area contributed by atoms with Gasteiger partial charge in [0.2, 0.25) is 0 Å². The van der Waals surface area contributed by atoms with Gasteiger partial charge in [-0.2, -0.15) is 8.78 Å². The molecule has 0 heterocycles. The lowest BCUT2D eigenvalue weighted by molar-refractivity contribution is -0.0502. The van der Waals surface area contributed by atoms with Crippen LogP contribution >= 0.6 is 0 Å². The van der Waals surface area contributed by atoms with Gasteiger partial charge in [-0.15, -0.1) is 0 Å². The molecule has 7 heteroatoms. The van der Waals surface area contributed by atoms with Crippen LogP contribution < -0.4 is 14.8 Å². The third-order valence-corrected chi connectivity index (χ3v) is 2.68. The summed E-state index contributed by atoms with van der Waals surface area (Å²) in [4.78, 5) is 11.9. The molecule has 4 nitrogen and oxygen atoms in total. The van der Waals surface area contributed by atoms with Crippen LogP contribution in [0, 0.1) is 0 Å². The van der Waals surface area contributed by atoms with Crippen molar-refractivity contribution in [3.05, 3.63) is 23.8 Å². The fourth-order valence-corrected chi connectivity index (χ4v) is 1.65. The zero-order chi connectivity index (χ0) is 14.0. The first kappa shape index (κ1) is 13.5. The lowest BCUT2D eigenvalue weighted by atomic mass is 10.1. The third-order valence-electron chi connectivity index (χ3n) is 2.68. The van der Waals surface area contributed by atoms with E-state index in [0.29, 0.717) is 0 Å². The molecular weight excluding hydrogens is 263 g/mol. The number of carbonyl (C=O) groups excluding carboxylic acids is 1. The largest absolute Gasteiger partial charge is 0.496 e. The molecule has 0 saturated heterocycles. The standard InChI is InChI=1S/C12H12F3NO3/c1-18-8-3-2-4-9(19-12(14)15)10(8)11(17)16-7-5-6(7)13/h2-4,6-7,12H,5H2,1H3,(H,16,17)/t6-,7+/m0/s1. The number of hydrogen-bond donors (Lipinski definition) is 1. The van der Waals surface area contributed by atoms with E-state index < -0.39 is 24.7 Å². The fraction of sp³-hybridized carbons (Fsp3) is 0.417. The van der Waals surface area contributed by atoms with Crippen molar-refractivity contribution in [1.82, 2.24) is 5.32 Å². The Bertz CT molecular complexity index is 481. The van der Waals surface area contributed by atoms with Gasteiger partial charge in [0, 0.05) is 6.42 Å². The van der Waals surface area contributed by atoms with Crippen LogP contribution in [0.5, 0.6) is 11.5 Å². The number of amides is 1. The maximum atomic E-state index is 12.7. The van der Waals surface area contributed by atoms with Gasteiger partial charge in [-0.05, 0) is 12.1 Å². The summed E-state index contributed by atoms with van der Waals surface area (Å²) in [5.41, 5.74) is -0.163. The van der Waals surface area contributed by atoms with E-state index in [2.05, 4.69) is 10.1 Å². The Labute approximate surface area is 107 Å². The molecular formula is C12H12F3NO3. The molecule has 1 aliphatic carbocycles. The molecule has 2 atom stereocenters. The van der Waals surface area contributed by atoms with Gasteiger partial charge in [-0.25, -0.2) is 4.39 Å². The highest BCUT2D eigenvalue weighted by Gasteiger charge is 2.39. The first-order chi connectivity index (χ1) is 9.02. The molecule has 1 fully saturated rings. The monoisotopic (exact) mass is 275 g/mol. The van der Waals surface area contributed by atoms with E-state index in [9.17, 15) is 18.0 Å². The van der Waals surface area contributed by atoms with E-state index in [0.717, 1.165) is 0 Å². The third kappa shape index (κ3) is 3.10. The maximum absolute atomic E-state index is 12.7. The second kappa shape index (κ2) is 5.38. The molecule has 0 spiro atoms. The Morgan fingerprint density at radius 1 is 1.42 bits per heavy atom. The first-order valence-electron chi connectivity index (χ1n) is 5.59. The number of halogens is 3. The molecule has 0 radical (unpaired) electrons. The molecule has 1 aromatic carbocycles. The van der Waals surface area contributed by atoms with Crippen molar-refractivity contribution in [3.63, 3.8) is 0 Å². The van der Waals surface area contributed by atoms with Gasteiger partial charge in [-0.3, -0.25) is 4.79 Å². The number of ether oxygens (including phenoxy) is 2. The van der Waals surface area contributed by atoms with Gasteiger partial charge in [0.15, 0.2) is 0 Å². The highest BCUT2D eigenvalue weighted by molar-refractivity contribution is 6.00. The molecule has 0 unspecified atom stereocenters. The average Bonchev–Trinajstić information content (AvgIpc) is 3.03. The van der Waals surface area contributed by atoms with Gasteiger partial charge < -0.3 is 14.8 Å². The second-order valence-electron chi connectivity index (χ2n) is 4.04. The van der Waals surface area contributed by atoms with Gasteiger partial charge >= 0.3 is 6.61 Å². The summed E-state index contributed by atoms with van der Waals surface area (Å²) >= 11 is 0. The zero-order valence-corrected chi connectivity index (χ0v) is 10.0. The van der Waals surface area contributed by atoms with Crippen molar-refractivity contribution in [2.75, 3.05) is 7.11 Å². The van der Waals surface area contributed by atoms with E-state index in [1.165, 1.54) is 25.3 Å². The Morgan fingerprint density at radius 3 is 2.58 bits per heavy atom. The minimum absolute atomic E-state index is 0.0895. The van der Waals surface area contributed by atoms with Crippen LogP contribution in [-0.4, -0.2) is 31.8 Å². The minimum Gasteiger partial charge on any atom is -0.496 e. The molecule has 0 aliphatic heterocycles. The quantitative estimate of drug-likeness (QED) is 0.895. The Kier molecular flexibility index (Phi) is 3.82. The molecule has 1 amide bonds. The minimum atomic E-state index is -3.06. The van der Waals surface area contributed by atoms with Gasteiger partial charge in [-0.1, -0.05) is 6.07 Å². The van der Waals surface area contributed by atoms with Crippen molar-refractivity contribution in [3.8, 4) is 11.5 Å². The summed E-state index contributed by atoms with van der Waals surface area (Å²) in [7, 11) is 1.30. The molecule has 1 saturated carbocycles. The number of alkyl halides is 3. The van der Waals surface area contributed by atoms with Crippen molar-refractivity contribution >= 4 is 5.91 Å². The summed E-state index contributed by atoms with van der Waals surface area (Å²) in [5.74, 6) is -0.909. The Morgan fingerprint density at radius 2 is 2.05 bits per heavy atom. The maximum Gasteiger partial charge on any atom is 0.387 e. The fourth-order valence-electron chi connectivity index (χ4n) is 1.65. The first-order valence-corrected chi connectivity index (χ1v) is 5.59. The normalized spacial score (nSPS) is 21.1. The van der Waals surface area contributed by atoms with Crippen LogP contribution in [0.1, 0.15) is 16.8 Å². The smallest absolute Gasteiger partial charge is 0.387 e. The Balaban J connectivity index is 2.26. The van der Waals surface area contributed by atoms with Crippen molar-refractivity contribution in [1.29, 1.82) is 0 Å². The molecule has 1 aliphatic rings. The molecule has 2 rings (SSSR count). The highest BCUT2D eigenvalue weighted by Crippen LogP contribution is 2.31. The lowest BCUT2D eigenvalue weighted by Crippen LogP contribution is -2.28. The molecule has 0 bridgehead atoms. The van der Waals surface area contributed by atoms with Crippen molar-refractivity contribution in [2.45, 2.75) is 25.2 Å². The summed E-state index contributed by atoms with van der Waals surface area (Å²) in [5, 5.41) is 2.39. The predicted octanol–water partition coefficient (Wildman–Crippen LogP) is 2.14. The number of nitrogens with one attached hydrogen (secondary N) is 1. The zero-order valence-electron chi connectivity index (χ0n) is 10.0. The van der Waals surface area contributed by atoms with E-state index in [1.54, 1.807) is 0 Å². The van der Waals surface area contributed by atoms with E-state index in [1.807, 2.05) is 0 Å². The van der Waals surface area contributed by atoms with Crippen LogP contribution in [0.15, 0.2) is 18.2 Å².